The van der Waals surface area contributed by atoms with Gasteiger partial charge in [0.25, 0.3) is 5.76 Å². The van der Waals surface area contributed by atoms with Crippen molar-refractivity contribution < 1.29 is 8.78 Å². The lowest BCUT2D eigenvalue weighted by molar-refractivity contribution is 0.252. The number of nitrogens with one attached hydrogen (secondary N) is 1. The van der Waals surface area contributed by atoms with Gasteiger partial charge in [0, 0.05) is 15.1 Å². The van der Waals surface area contributed by atoms with Gasteiger partial charge in [-0.3, -0.25) is 0 Å². The number of para-hydroxylation sites is 1. The molecular weight excluding hydrogens is 356 g/mol. The highest BCUT2D eigenvalue weighted by Gasteiger charge is 2.23. The van der Waals surface area contributed by atoms with Crippen LogP contribution in [0.3, 0.4) is 0 Å². The molecule has 1 nitrogen and oxygen atoms in total. The normalized spacial score (nSPS) is 17.0. The number of rotatable bonds is 4. The van der Waals surface area contributed by atoms with E-state index < -0.39 is 5.76 Å². The van der Waals surface area contributed by atoms with Crippen molar-refractivity contribution in [3.8, 4) is 0 Å². The van der Waals surface area contributed by atoms with Crippen molar-refractivity contribution in [2.24, 2.45) is 0 Å². The molecule has 1 aliphatic rings. The second-order valence-electron chi connectivity index (χ2n) is 4.95. The highest BCUT2D eigenvalue weighted by Crippen LogP contribution is 2.38. The minimum Gasteiger partial charge on any atom is -0.377 e. The standard InChI is InChI=1S/C16H14BrF2NS/c17-11-6-7-12-10(9-11)5-8-13(12)20-14-3-1-2-4-15(14)21-16(18)19/h1-4,6-7,9,13,16,20H,5,8H2. The van der Waals surface area contributed by atoms with Crippen molar-refractivity contribution in [2.75, 3.05) is 5.32 Å². The molecule has 5 heteroatoms. The molecule has 1 N–H and O–H groups in total. The van der Waals surface area contributed by atoms with E-state index >= 15 is 0 Å². The fourth-order valence-electron chi connectivity index (χ4n) is 2.71. The van der Waals surface area contributed by atoms with Gasteiger partial charge in [-0.1, -0.05) is 45.9 Å². The van der Waals surface area contributed by atoms with Gasteiger partial charge in [-0.05, 0) is 48.2 Å². The zero-order chi connectivity index (χ0) is 14.8. The Hall–Kier alpha value is -1.07. The van der Waals surface area contributed by atoms with Crippen LogP contribution in [0.25, 0.3) is 0 Å². The summed E-state index contributed by atoms with van der Waals surface area (Å²) in [4.78, 5) is 0.595. The van der Waals surface area contributed by atoms with Gasteiger partial charge in [0.1, 0.15) is 0 Å². The predicted octanol–water partition coefficient (Wildman–Crippen LogP) is 5.86. The van der Waals surface area contributed by atoms with Crippen LogP contribution < -0.4 is 5.32 Å². The summed E-state index contributed by atoms with van der Waals surface area (Å²) in [5.74, 6) is -2.40. The lowest BCUT2D eigenvalue weighted by atomic mass is 10.1. The Bertz CT molecular complexity index is 648. The van der Waals surface area contributed by atoms with Crippen LogP contribution in [-0.2, 0) is 6.42 Å². The molecule has 3 rings (SSSR count). The Kier molecular flexibility index (Phi) is 4.50. The molecule has 0 fully saturated rings. The monoisotopic (exact) mass is 369 g/mol. The fraction of sp³-hybridized carbons (Fsp3) is 0.250. The molecule has 0 bridgehead atoms. The van der Waals surface area contributed by atoms with Gasteiger partial charge >= 0.3 is 0 Å². The molecular formula is C16H14BrF2NS. The van der Waals surface area contributed by atoms with Crippen molar-refractivity contribution in [2.45, 2.75) is 29.5 Å². The maximum absolute atomic E-state index is 12.6. The van der Waals surface area contributed by atoms with Crippen molar-refractivity contribution in [3.05, 3.63) is 58.1 Å². The molecule has 0 saturated heterocycles. The topological polar surface area (TPSA) is 12.0 Å². The molecule has 0 amide bonds. The predicted molar refractivity (Wildman–Crippen MR) is 87.1 cm³/mol. The van der Waals surface area contributed by atoms with E-state index in [4.69, 9.17) is 0 Å². The minimum absolute atomic E-state index is 0.188. The number of benzene rings is 2. The van der Waals surface area contributed by atoms with E-state index in [1.54, 1.807) is 12.1 Å². The summed E-state index contributed by atoms with van der Waals surface area (Å²) in [6, 6.07) is 13.7. The summed E-state index contributed by atoms with van der Waals surface area (Å²) >= 11 is 4.07. The van der Waals surface area contributed by atoms with E-state index in [-0.39, 0.29) is 6.04 Å². The van der Waals surface area contributed by atoms with Crippen LogP contribution in [0.4, 0.5) is 14.5 Å². The van der Waals surface area contributed by atoms with E-state index in [2.05, 4.69) is 33.4 Å². The molecule has 1 unspecified atom stereocenters. The van der Waals surface area contributed by atoms with E-state index in [9.17, 15) is 8.78 Å². The van der Waals surface area contributed by atoms with Gasteiger partial charge in [0.05, 0.1) is 6.04 Å². The van der Waals surface area contributed by atoms with E-state index in [1.165, 1.54) is 11.1 Å². The van der Waals surface area contributed by atoms with Gasteiger partial charge in [-0.25, -0.2) is 0 Å². The zero-order valence-corrected chi connectivity index (χ0v) is 13.6. The molecule has 110 valence electrons. The second-order valence-corrected chi connectivity index (χ2v) is 6.90. The first-order chi connectivity index (χ1) is 10.1. The summed E-state index contributed by atoms with van der Waals surface area (Å²) < 4.78 is 26.3. The summed E-state index contributed by atoms with van der Waals surface area (Å²) in [6.45, 7) is 0. The van der Waals surface area contributed by atoms with Gasteiger partial charge in [0.15, 0.2) is 0 Å². The first-order valence-electron chi connectivity index (χ1n) is 6.72. The second kappa shape index (κ2) is 6.36. The van der Waals surface area contributed by atoms with Crippen LogP contribution >= 0.6 is 27.7 Å². The maximum atomic E-state index is 12.6. The van der Waals surface area contributed by atoms with E-state index in [0.29, 0.717) is 16.7 Å². The van der Waals surface area contributed by atoms with Crippen LogP contribution in [0.15, 0.2) is 51.8 Å². The highest BCUT2D eigenvalue weighted by atomic mass is 79.9. The molecule has 0 spiro atoms. The summed E-state index contributed by atoms with van der Waals surface area (Å²) in [7, 11) is 0. The van der Waals surface area contributed by atoms with Crippen molar-refractivity contribution in [1.29, 1.82) is 0 Å². The Morgan fingerprint density at radius 3 is 2.81 bits per heavy atom. The third kappa shape index (κ3) is 3.40. The minimum atomic E-state index is -2.40. The molecule has 0 aromatic heterocycles. The first kappa shape index (κ1) is 14.9. The Morgan fingerprint density at radius 2 is 2.00 bits per heavy atom. The number of fused-ring (bicyclic) bond motifs is 1. The molecule has 0 saturated carbocycles. The van der Waals surface area contributed by atoms with Gasteiger partial charge < -0.3 is 5.32 Å². The number of alkyl halides is 2. The van der Waals surface area contributed by atoms with Crippen LogP contribution in [0.2, 0.25) is 0 Å². The zero-order valence-electron chi connectivity index (χ0n) is 11.2. The number of aryl methyl sites for hydroxylation is 1. The van der Waals surface area contributed by atoms with Crippen molar-refractivity contribution >= 4 is 33.4 Å². The Balaban J connectivity index is 1.83. The van der Waals surface area contributed by atoms with E-state index in [0.717, 1.165) is 23.0 Å². The van der Waals surface area contributed by atoms with Crippen LogP contribution in [0, 0.1) is 0 Å². The Labute approximate surface area is 135 Å². The molecule has 2 aromatic carbocycles. The smallest absolute Gasteiger partial charge is 0.288 e. The van der Waals surface area contributed by atoms with Crippen LogP contribution in [-0.4, -0.2) is 5.76 Å². The lowest BCUT2D eigenvalue weighted by Gasteiger charge is -2.18. The van der Waals surface area contributed by atoms with Gasteiger partial charge in [-0.2, -0.15) is 8.78 Å². The highest BCUT2D eigenvalue weighted by molar-refractivity contribution is 9.10. The lowest BCUT2D eigenvalue weighted by Crippen LogP contribution is -2.08. The molecule has 0 heterocycles. The molecule has 0 aliphatic heterocycles. The van der Waals surface area contributed by atoms with Gasteiger partial charge in [0.2, 0.25) is 0 Å². The van der Waals surface area contributed by atoms with Crippen molar-refractivity contribution in [1.82, 2.24) is 0 Å². The number of thioether (sulfide) groups is 1. The van der Waals surface area contributed by atoms with Crippen LogP contribution in [0.1, 0.15) is 23.6 Å². The molecule has 2 aromatic rings. The molecule has 0 radical (unpaired) electrons. The largest absolute Gasteiger partial charge is 0.377 e. The number of anilines is 1. The SMILES string of the molecule is FC(F)Sc1ccccc1NC1CCc2cc(Br)ccc21. The van der Waals surface area contributed by atoms with E-state index in [1.807, 2.05) is 18.2 Å². The van der Waals surface area contributed by atoms with Crippen molar-refractivity contribution in [3.63, 3.8) is 0 Å². The third-order valence-electron chi connectivity index (χ3n) is 3.62. The third-order valence-corrected chi connectivity index (χ3v) is 4.90. The quantitative estimate of drug-likeness (QED) is 0.677. The fourth-order valence-corrected chi connectivity index (χ4v) is 3.72. The number of hydrogen-bond acceptors (Lipinski definition) is 2. The molecule has 1 aliphatic carbocycles. The summed E-state index contributed by atoms with van der Waals surface area (Å²) in [5.41, 5.74) is 3.36. The Morgan fingerprint density at radius 1 is 1.19 bits per heavy atom. The first-order valence-corrected chi connectivity index (χ1v) is 8.39. The maximum Gasteiger partial charge on any atom is 0.288 e. The van der Waals surface area contributed by atoms with Crippen LogP contribution in [0.5, 0.6) is 0 Å². The summed E-state index contributed by atoms with van der Waals surface area (Å²) in [6.07, 6.45) is 2.00. The number of halogens is 3. The molecule has 21 heavy (non-hydrogen) atoms. The van der Waals surface area contributed by atoms with Gasteiger partial charge in [-0.15, -0.1) is 0 Å². The molecule has 1 atom stereocenters. The average Bonchev–Trinajstić information content (AvgIpc) is 2.83. The number of hydrogen-bond donors (Lipinski definition) is 1. The average molecular weight is 370 g/mol. The summed E-state index contributed by atoms with van der Waals surface area (Å²) in [5, 5.41) is 3.42.